The second-order valence-corrected chi connectivity index (χ2v) is 6.15. The van der Waals surface area contributed by atoms with Gasteiger partial charge in [-0.15, -0.1) is 0 Å². The SMILES string of the molecule is O=C(NCCN1CC=CCC1)c1cc(Br)c2c(c1)OCCO2. The smallest absolute Gasteiger partial charge is 0.251 e. The molecule has 1 aromatic rings. The van der Waals surface area contributed by atoms with Gasteiger partial charge in [0.15, 0.2) is 11.5 Å². The predicted molar refractivity (Wildman–Crippen MR) is 87.7 cm³/mol. The van der Waals surface area contributed by atoms with Gasteiger partial charge >= 0.3 is 0 Å². The summed E-state index contributed by atoms with van der Waals surface area (Å²) >= 11 is 3.43. The van der Waals surface area contributed by atoms with Crippen LogP contribution in [0, 0.1) is 0 Å². The lowest BCUT2D eigenvalue weighted by Gasteiger charge is -2.23. The molecule has 0 saturated heterocycles. The highest BCUT2D eigenvalue weighted by Gasteiger charge is 2.19. The molecule has 5 nitrogen and oxygen atoms in total. The minimum Gasteiger partial charge on any atom is -0.486 e. The van der Waals surface area contributed by atoms with Crippen LogP contribution in [0.4, 0.5) is 0 Å². The number of halogens is 1. The zero-order chi connectivity index (χ0) is 15.4. The lowest BCUT2D eigenvalue weighted by Crippen LogP contribution is -2.36. The van der Waals surface area contributed by atoms with Gasteiger partial charge in [-0.25, -0.2) is 0 Å². The molecule has 2 aliphatic heterocycles. The normalized spacial score (nSPS) is 17.3. The van der Waals surface area contributed by atoms with Crippen LogP contribution in [0.3, 0.4) is 0 Å². The molecule has 1 aromatic carbocycles. The summed E-state index contributed by atoms with van der Waals surface area (Å²) < 4.78 is 11.8. The molecule has 0 radical (unpaired) electrons. The molecule has 118 valence electrons. The van der Waals surface area contributed by atoms with Crippen molar-refractivity contribution in [1.82, 2.24) is 10.2 Å². The Labute approximate surface area is 138 Å². The third-order valence-electron chi connectivity index (χ3n) is 3.71. The first-order chi connectivity index (χ1) is 10.7. The number of nitrogens with one attached hydrogen (secondary N) is 1. The molecule has 0 bridgehead atoms. The maximum atomic E-state index is 12.3. The highest BCUT2D eigenvalue weighted by atomic mass is 79.9. The first-order valence-electron chi connectivity index (χ1n) is 7.49. The van der Waals surface area contributed by atoms with Crippen molar-refractivity contribution >= 4 is 21.8 Å². The van der Waals surface area contributed by atoms with Gasteiger partial charge < -0.3 is 14.8 Å². The van der Waals surface area contributed by atoms with E-state index < -0.39 is 0 Å². The molecule has 0 saturated carbocycles. The van der Waals surface area contributed by atoms with Crippen molar-refractivity contribution in [3.8, 4) is 11.5 Å². The van der Waals surface area contributed by atoms with Crippen molar-refractivity contribution in [2.75, 3.05) is 39.4 Å². The number of hydrogen-bond donors (Lipinski definition) is 1. The Hall–Kier alpha value is -1.53. The first kappa shape index (κ1) is 15.4. The standard InChI is InChI=1S/C16H19BrN2O3/c17-13-10-12(11-14-15(13)22-9-8-21-14)16(20)18-4-7-19-5-2-1-3-6-19/h1-2,10-11H,3-9H2,(H,18,20). The summed E-state index contributed by atoms with van der Waals surface area (Å²) in [5.74, 6) is 1.19. The van der Waals surface area contributed by atoms with Crippen LogP contribution in [-0.2, 0) is 0 Å². The van der Waals surface area contributed by atoms with Crippen LogP contribution >= 0.6 is 15.9 Å². The lowest BCUT2D eigenvalue weighted by atomic mass is 10.2. The number of carbonyl (C=O) groups is 1. The van der Waals surface area contributed by atoms with Gasteiger partial charge in [-0.1, -0.05) is 12.2 Å². The van der Waals surface area contributed by atoms with Crippen LogP contribution in [0.1, 0.15) is 16.8 Å². The highest BCUT2D eigenvalue weighted by Crippen LogP contribution is 2.38. The summed E-state index contributed by atoms with van der Waals surface area (Å²) in [5, 5.41) is 2.96. The van der Waals surface area contributed by atoms with Crippen LogP contribution in [0.25, 0.3) is 0 Å². The van der Waals surface area contributed by atoms with E-state index in [0.717, 1.165) is 30.5 Å². The van der Waals surface area contributed by atoms with E-state index in [9.17, 15) is 4.79 Å². The zero-order valence-electron chi connectivity index (χ0n) is 12.3. The maximum absolute atomic E-state index is 12.3. The Bertz CT molecular complexity index is 589. The fourth-order valence-electron chi connectivity index (χ4n) is 2.56. The van der Waals surface area contributed by atoms with Crippen molar-refractivity contribution < 1.29 is 14.3 Å². The van der Waals surface area contributed by atoms with Crippen LogP contribution in [0.5, 0.6) is 11.5 Å². The van der Waals surface area contributed by atoms with Gasteiger partial charge in [-0.2, -0.15) is 0 Å². The summed E-state index contributed by atoms with van der Waals surface area (Å²) in [4.78, 5) is 14.6. The van der Waals surface area contributed by atoms with Crippen LogP contribution < -0.4 is 14.8 Å². The van der Waals surface area contributed by atoms with Crippen LogP contribution in [0.15, 0.2) is 28.8 Å². The van der Waals surface area contributed by atoms with Gasteiger partial charge in [0.2, 0.25) is 0 Å². The summed E-state index contributed by atoms with van der Waals surface area (Å²) in [6.45, 7) is 4.56. The Kier molecular flexibility index (Phi) is 5.00. The molecular weight excluding hydrogens is 348 g/mol. The van der Waals surface area contributed by atoms with Crippen molar-refractivity contribution in [2.45, 2.75) is 6.42 Å². The van der Waals surface area contributed by atoms with E-state index in [1.54, 1.807) is 12.1 Å². The third-order valence-corrected chi connectivity index (χ3v) is 4.30. The number of rotatable bonds is 4. The van der Waals surface area contributed by atoms with Crippen molar-refractivity contribution in [1.29, 1.82) is 0 Å². The summed E-state index contributed by atoms with van der Waals surface area (Å²) in [6, 6.07) is 3.50. The molecule has 0 atom stereocenters. The highest BCUT2D eigenvalue weighted by molar-refractivity contribution is 9.10. The number of amides is 1. The van der Waals surface area contributed by atoms with Crippen molar-refractivity contribution in [3.05, 3.63) is 34.3 Å². The molecule has 0 fully saturated rings. The van der Waals surface area contributed by atoms with Crippen LogP contribution in [0.2, 0.25) is 0 Å². The quantitative estimate of drug-likeness (QED) is 0.830. The van der Waals surface area contributed by atoms with Gasteiger partial charge in [-0.05, 0) is 34.5 Å². The third kappa shape index (κ3) is 3.62. The topological polar surface area (TPSA) is 50.8 Å². The summed E-state index contributed by atoms with van der Waals surface area (Å²) in [5.41, 5.74) is 0.578. The monoisotopic (exact) mass is 366 g/mol. The molecule has 6 heteroatoms. The summed E-state index contributed by atoms with van der Waals surface area (Å²) in [6.07, 6.45) is 5.45. The lowest BCUT2D eigenvalue weighted by molar-refractivity contribution is 0.0947. The van der Waals surface area contributed by atoms with E-state index in [-0.39, 0.29) is 5.91 Å². The van der Waals surface area contributed by atoms with E-state index in [1.165, 1.54) is 0 Å². The number of nitrogens with zero attached hydrogens (tertiary/aromatic N) is 1. The minimum atomic E-state index is -0.0924. The van der Waals surface area contributed by atoms with Gasteiger partial charge in [-0.3, -0.25) is 9.69 Å². The fraction of sp³-hybridized carbons (Fsp3) is 0.438. The van der Waals surface area contributed by atoms with Crippen molar-refractivity contribution in [2.24, 2.45) is 0 Å². The Morgan fingerprint density at radius 1 is 1.27 bits per heavy atom. The van der Waals surface area contributed by atoms with Gasteiger partial charge in [0.25, 0.3) is 5.91 Å². The van der Waals surface area contributed by atoms with E-state index >= 15 is 0 Å². The fourth-order valence-corrected chi connectivity index (χ4v) is 3.12. The molecule has 0 aliphatic carbocycles. The Morgan fingerprint density at radius 3 is 2.95 bits per heavy atom. The number of benzene rings is 1. The van der Waals surface area contributed by atoms with Gasteiger partial charge in [0, 0.05) is 31.7 Å². The molecule has 2 heterocycles. The van der Waals surface area contributed by atoms with Gasteiger partial charge in [0.05, 0.1) is 4.47 Å². The number of hydrogen-bond acceptors (Lipinski definition) is 4. The van der Waals surface area contributed by atoms with E-state index in [0.29, 0.717) is 36.8 Å². The molecule has 1 N–H and O–H groups in total. The predicted octanol–water partition coefficient (Wildman–Crippen LogP) is 2.21. The molecule has 0 aromatic heterocycles. The second-order valence-electron chi connectivity index (χ2n) is 5.30. The average molecular weight is 367 g/mol. The molecule has 2 aliphatic rings. The molecule has 22 heavy (non-hydrogen) atoms. The molecule has 1 amide bonds. The molecule has 0 spiro atoms. The molecule has 3 rings (SSSR count). The molecular formula is C16H19BrN2O3. The summed E-state index contributed by atoms with van der Waals surface area (Å²) in [7, 11) is 0. The zero-order valence-corrected chi connectivity index (χ0v) is 13.9. The van der Waals surface area contributed by atoms with Crippen LogP contribution in [-0.4, -0.2) is 50.2 Å². The van der Waals surface area contributed by atoms with E-state index in [1.807, 2.05) is 0 Å². The Balaban J connectivity index is 1.58. The van der Waals surface area contributed by atoms with E-state index in [4.69, 9.17) is 9.47 Å². The van der Waals surface area contributed by atoms with Gasteiger partial charge in [0.1, 0.15) is 13.2 Å². The minimum absolute atomic E-state index is 0.0924. The molecule has 0 unspecified atom stereocenters. The van der Waals surface area contributed by atoms with E-state index in [2.05, 4.69) is 38.3 Å². The first-order valence-corrected chi connectivity index (χ1v) is 8.28. The number of fused-ring (bicyclic) bond motifs is 1. The van der Waals surface area contributed by atoms with Crippen molar-refractivity contribution in [3.63, 3.8) is 0 Å². The average Bonchev–Trinajstić information content (AvgIpc) is 2.56. The number of ether oxygens (including phenoxy) is 2. The second kappa shape index (κ2) is 7.15. The number of carbonyl (C=O) groups excluding carboxylic acids is 1. The maximum Gasteiger partial charge on any atom is 0.251 e. The Morgan fingerprint density at radius 2 is 2.14 bits per heavy atom. The largest absolute Gasteiger partial charge is 0.486 e.